The van der Waals surface area contributed by atoms with Crippen LogP contribution in [0.25, 0.3) is 0 Å². The van der Waals surface area contributed by atoms with Gasteiger partial charge in [0.15, 0.2) is 0 Å². The molecule has 1 N–H and O–H groups in total. The summed E-state index contributed by atoms with van der Waals surface area (Å²) < 4.78 is 0. The largest absolute Gasteiger partial charge is 0.348 e. The van der Waals surface area contributed by atoms with Gasteiger partial charge in [0.1, 0.15) is 0 Å². The number of likely N-dealkylation sites (tertiary alicyclic amines) is 1. The predicted molar refractivity (Wildman–Crippen MR) is 120 cm³/mol. The number of hydrogen-bond donors (Lipinski definition) is 1. The van der Waals surface area contributed by atoms with E-state index in [9.17, 15) is 4.79 Å². The molecule has 2 aromatic rings. The van der Waals surface area contributed by atoms with E-state index < -0.39 is 0 Å². The lowest BCUT2D eigenvalue weighted by Gasteiger charge is -2.38. The number of rotatable bonds is 5. The topological polar surface area (TPSA) is 56.1 Å². The zero-order valence-corrected chi connectivity index (χ0v) is 17.9. The third-order valence-electron chi connectivity index (χ3n) is 6.63. The minimum atomic E-state index is -0.0333. The highest BCUT2D eigenvalue weighted by Crippen LogP contribution is 2.30. The lowest BCUT2D eigenvalue weighted by atomic mass is 9.89. The van der Waals surface area contributed by atoms with Crippen LogP contribution in [0.5, 0.6) is 0 Å². The van der Waals surface area contributed by atoms with E-state index in [2.05, 4.69) is 28.4 Å². The molecule has 1 saturated heterocycles. The number of carbonyl (C=O) groups excluding carboxylic acids is 1. The van der Waals surface area contributed by atoms with Crippen molar-refractivity contribution in [3.8, 4) is 6.07 Å². The van der Waals surface area contributed by atoms with Crippen LogP contribution in [0, 0.1) is 17.2 Å². The Morgan fingerprint density at radius 2 is 1.73 bits per heavy atom. The lowest BCUT2D eigenvalue weighted by molar-refractivity contribution is 0.0862. The zero-order valence-electron chi connectivity index (χ0n) is 17.2. The highest BCUT2D eigenvalue weighted by Gasteiger charge is 2.35. The third kappa shape index (κ3) is 5.03. The van der Waals surface area contributed by atoms with Gasteiger partial charge in [-0.2, -0.15) is 5.26 Å². The number of nitrogens with one attached hydrogen (secondary N) is 1. The van der Waals surface area contributed by atoms with Gasteiger partial charge in [0.25, 0.3) is 5.91 Å². The third-order valence-corrected chi connectivity index (χ3v) is 6.88. The van der Waals surface area contributed by atoms with Crippen LogP contribution in [0.1, 0.15) is 53.6 Å². The molecule has 2 aromatic carbocycles. The zero-order chi connectivity index (χ0) is 20.9. The monoisotopic (exact) mass is 421 g/mol. The Balaban J connectivity index is 1.30. The van der Waals surface area contributed by atoms with Crippen molar-refractivity contribution in [3.63, 3.8) is 0 Å². The van der Waals surface area contributed by atoms with Crippen LogP contribution in [-0.2, 0) is 6.42 Å². The number of halogens is 1. The van der Waals surface area contributed by atoms with E-state index in [1.54, 1.807) is 24.3 Å². The van der Waals surface area contributed by atoms with Gasteiger partial charge in [-0.05, 0) is 99.5 Å². The molecule has 0 radical (unpaired) electrons. The van der Waals surface area contributed by atoms with E-state index in [1.165, 1.54) is 18.4 Å². The molecular formula is C25H28ClN3O. The van der Waals surface area contributed by atoms with Gasteiger partial charge in [-0.1, -0.05) is 23.7 Å². The van der Waals surface area contributed by atoms with E-state index >= 15 is 0 Å². The fraction of sp³-hybridized carbons (Fsp3) is 0.440. The Morgan fingerprint density at radius 3 is 2.40 bits per heavy atom. The van der Waals surface area contributed by atoms with Crippen LogP contribution in [-0.4, -0.2) is 36.0 Å². The maximum absolute atomic E-state index is 12.7. The fourth-order valence-electron chi connectivity index (χ4n) is 4.94. The van der Waals surface area contributed by atoms with Gasteiger partial charge in [-0.3, -0.25) is 9.69 Å². The Labute approximate surface area is 183 Å². The molecule has 1 heterocycles. The molecule has 0 aromatic heterocycles. The van der Waals surface area contributed by atoms with Crippen molar-refractivity contribution in [2.24, 2.45) is 5.92 Å². The standard InChI is InChI=1S/C25H28ClN3O/c26-22-10-6-18(7-11-22)16-19-12-14-29(15-13-19)24-3-1-2-23(24)28-25(30)21-8-4-20(17-27)5-9-21/h4-11,19,23-24H,1-3,12-16H2,(H,28,30)/t23-,24-/m1/s1. The molecule has 30 heavy (non-hydrogen) atoms. The molecule has 0 unspecified atom stereocenters. The van der Waals surface area contributed by atoms with Gasteiger partial charge >= 0.3 is 0 Å². The van der Waals surface area contributed by atoms with E-state index in [4.69, 9.17) is 16.9 Å². The van der Waals surface area contributed by atoms with E-state index in [-0.39, 0.29) is 11.9 Å². The predicted octanol–water partition coefficient (Wildman–Crippen LogP) is 4.82. The molecule has 156 valence electrons. The first-order valence-electron chi connectivity index (χ1n) is 10.9. The molecule has 2 fully saturated rings. The number of hydrogen-bond acceptors (Lipinski definition) is 3. The minimum Gasteiger partial charge on any atom is -0.348 e. The second-order valence-electron chi connectivity index (χ2n) is 8.58. The van der Waals surface area contributed by atoms with Crippen LogP contribution < -0.4 is 5.32 Å². The maximum atomic E-state index is 12.7. The summed E-state index contributed by atoms with van der Waals surface area (Å²) in [6, 6.07) is 17.8. The number of carbonyl (C=O) groups is 1. The molecular weight excluding hydrogens is 394 g/mol. The molecule has 1 aliphatic heterocycles. The van der Waals surface area contributed by atoms with Crippen LogP contribution >= 0.6 is 11.6 Å². The molecule has 5 heteroatoms. The molecule has 0 bridgehead atoms. The van der Waals surface area contributed by atoms with Crippen molar-refractivity contribution in [3.05, 3.63) is 70.2 Å². The molecule has 4 rings (SSSR count). The van der Waals surface area contributed by atoms with Crippen molar-refractivity contribution in [2.45, 2.75) is 50.6 Å². The second kappa shape index (κ2) is 9.64. The second-order valence-corrected chi connectivity index (χ2v) is 9.01. The normalized spacial score (nSPS) is 22.5. The van der Waals surface area contributed by atoms with Crippen LogP contribution in [0.2, 0.25) is 5.02 Å². The summed E-state index contributed by atoms with van der Waals surface area (Å²) >= 11 is 6.00. The summed E-state index contributed by atoms with van der Waals surface area (Å²) in [7, 11) is 0. The highest BCUT2D eigenvalue weighted by atomic mass is 35.5. The average molecular weight is 422 g/mol. The van der Waals surface area contributed by atoms with Gasteiger partial charge in [0.2, 0.25) is 0 Å². The first-order chi connectivity index (χ1) is 14.6. The lowest BCUT2D eigenvalue weighted by Crippen LogP contribution is -2.51. The number of benzene rings is 2. The van der Waals surface area contributed by atoms with Gasteiger partial charge in [0.05, 0.1) is 11.6 Å². The molecule has 1 amide bonds. The van der Waals surface area contributed by atoms with Crippen molar-refractivity contribution in [1.82, 2.24) is 10.2 Å². The van der Waals surface area contributed by atoms with Gasteiger partial charge in [-0.25, -0.2) is 0 Å². The first kappa shape index (κ1) is 20.9. The summed E-state index contributed by atoms with van der Waals surface area (Å²) in [6.45, 7) is 2.21. The van der Waals surface area contributed by atoms with E-state index in [1.807, 2.05) is 12.1 Å². The van der Waals surface area contributed by atoms with Gasteiger partial charge in [0, 0.05) is 22.7 Å². The summed E-state index contributed by atoms with van der Waals surface area (Å²) in [4.78, 5) is 15.3. The number of nitriles is 1. The van der Waals surface area contributed by atoms with Crippen LogP contribution in [0.15, 0.2) is 48.5 Å². The van der Waals surface area contributed by atoms with Gasteiger partial charge < -0.3 is 5.32 Å². The highest BCUT2D eigenvalue weighted by molar-refractivity contribution is 6.30. The minimum absolute atomic E-state index is 0.0333. The molecule has 0 spiro atoms. The molecule has 2 aliphatic rings. The van der Waals surface area contributed by atoms with Crippen molar-refractivity contribution >= 4 is 17.5 Å². The molecule has 2 atom stereocenters. The van der Waals surface area contributed by atoms with Gasteiger partial charge in [-0.15, -0.1) is 0 Å². The Morgan fingerprint density at radius 1 is 1.03 bits per heavy atom. The fourth-order valence-corrected chi connectivity index (χ4v) is 5.06. The van der Waals surface area contributed by atoms with Crippen molar-refractivity contribution < 1.29 is 4.79 Å². The van der Waals surface area contributed by atoms with E-state index in [0.717, 1.165) is 49.7 Å². The molecule has 1 aliphatic carbocycles. The molecule has 1 saturated carbocycles. The summed E-state index contributed by atoms with van der Waals surface area (Å²) in [5.74, 6) is 0.685. The maximum Gasteiger partial charge on any atom is 0.251 e. The Kier molecular flexibility index (Phi) is 6.72. The van der Waals surface area contributed by atoms with Crippen molar-refractivity contribution in [1.29, 1.82) is 5.26 Å². The Bertz CT molecular complexity index is 895. The van der Waals surface area contributed by atoms with Crippen LogP contribution in [0.4, 0.5) is 0 Å². The average Bonchev–Trinajstić information content (AvgIpc) is 3.24. The summed E-state index contributed by atoms with van der Waals surface area (Å²) in [6.07, 6.45) is 6.88. The molecule has 4 nitrogen and oxygen atoms in total. The number of piperidine rings is 1. The number of amides is 1. The Hall–Kier alpha value is -2.35. The quantitative estimate of drug-likeness (QED) is 0.753. The SMILES string of the molecule is N#Cc1ccc(C(=O)N[C@@H]2CCC[C@H]2N2CCC(Cc3ccc(Cl)cc3)CC2)cc1. The first-order valence-corrected chi connectivity index (χ1v) is 11.3. The van der Waals surface area contributed by atoms with Crippen molar-refractivity contribution in [2.75, 3.05) is 13.1 Å². The number of nitrogens with zero attached hydrogens (tertiary/aromatic N) is 2. The summed E-state index contributed by atoms with van der Waals surface area (Å²) in [5.41, 5.74) is 2.57. The smallest absolute Gasteiger partial charge is 0.251 e. The van der Waals surface area contributed by atoms with Crippen LogP contribution in [0.3, 0.4) is 0 Å². The summed E-state index contributed by atoms with van der Waals surface area (Å²) in [5, 5.41) is 13.0. The van der Waals surface area contributed by atoms with E-state index in [0.29, 0.717) is 17.2 Å².